The number of H-pyrrole nitrogens is 1. The Bertz CT molecular complexity index is 674. The zero-order valence-corrected chi connectivity index (χ0v) is 10.8. The Labute approximate surface area is 112 Å². The number of phenolic OH excluding ortho intramolecular Hbond substituents is 1. The second-order valence-electron chi connectivity index (χ2n) is 4.23. The van der Waals surface area contributed by atoms with E-state index in [1.54, 1.807) is 6.92 Å². The molecule has 20 heavy (non-hydrogen) atoms. The number of carbonyl (C=O) groups is 1. The lowest BCUT2D eigenvalue weighted by Crippen LogP contribution is -2.10. The summed E-state index contributed by atoms with van der Waals surface area (Å²) in [6.07, 6.45) is -4.78. The van der Waals surface area contributed by atoms with Crippen molar-refractivity contribution < 1.29 is 27.8 Å². The first kappa shape index (κ1) is 14.2. The van der Waals surface area contributed by atoms with Crippen molar-refractivity contribution >= 4 is 16.9 Å². The summed E-state index contributed by atoms with van der Waals surface area (Å²) in [7, 11) is 0. The number of halogens is 3. The topological polar surface area (TPSA) is 62.3 Å². The predicted molar refractivity (Wildman–Crippen MR) is 65.7 cm³/mol. The zero-order chi connectivity index (χ0) is 15.1. The number of carbonyl (C=O) groups excluding carboxylic acids is 1. The molecule has 2 aromatic rings. The van der Waals surface area contributed by atoms with Crippen LogP contribution in [0.15, 0.2) is 12.1 Å². The molecular weight excluding hydrogens is 275 g/mol. The zero-order valence-electron chi connectivity index (χ0n) is 10.8. The van der Waals surface area contributed by atoms with Crippen LogP contribution >= 0.6 is 0 Å². The van der Waals surface area contributed by atoms with Crippen LogP contribution in [0.1, 0.15) is 28.5 Å². The lowest BCUT2D eigenvalue weighted by atomic mass is 10.0. The Balaban J connectivity index is 2.85. The van der Waals surface area contributed by atoms with Crippen molar-refractivity contribution in [3.8, 4) is 5.75 Å². The Hall–Kier alpha value is -2.18. The van der Waals surface area contributed by atoms with E-state index in [-0.39, 0.29) is 28.8 Å². The molecule has 1 aromatic heterocycles. The molecule has 2 N–H and O–H groups in total. The minimum absolute atomic E-state index is 0.0467. The van der Waals surface area contributed by atoms with Crippen LogP contribution in [-0.2, 0) is 10.9 Å². The third-order valence-corrected chi connectivity index (χ3v) is 2.89. The first-order valence-corrected chi connectivity index (χ1v) is 5.86. The fourth-order valence-electron chi connectivity index (χ4n) is 2.15. The van der Waals surface area contributed by atoms with Crippen molar-refractivity contribution in [2.45, 2.75) is 20.0 Å². The fraction of sp³-hybridized carbons (Fsp3) is 0.308. The molecule has 1 aromatic carbocycles. The lowest BCUT2D eigenvalue weighted by Gasteiger charge is -2.11. The largest absolute Gasteiger partial charge is 0.507 e. The Morgan fingerprint density at radius 2 is 2.05 bits per heavy atom. The van der Waals surface area contributed by atoms with Gasteiger partial charge in [-0.05, 0) is 26.0 Å². The van der Waals surface area contributed by atoms with Crippen LogP contribution in [-0.4, -0.2) is 22.7 Å². The molecule has 0 unspecified atom stereocenters. The fourth-order valence-corrected chi connectivity index (χ4v) is 2.15. The van der Waals surface area contributed by atoms with Crippen molar-refractivity contribution in [3.05, 3.63) is 29.0 Å². The van der Waals surface area contributed by atoms with Gasteiger partial charge in [-0.3, -0.25) is 0 Å². The van der Waals surface area contributed by atoms with Crippen LogP contribution in [0.5, 0.6) is 5.75 Å². The molecule has 0 fully saturated rings. The maximum Gasteiger partial charge on any atom is 0.420 e. The smallest absolute Gasteiger partial charge is 0.420 e. The number of nitrogens with one attached hydrogen (secondary N) is 1. The number of aromatic hydroxyl groups is 1. The van der Waals surface area contributed by atoms with Crippen molar-refractivity contribution in [1.29, 1.82) is 0 Å². The van der Waals surface area contributed by atoms with Gasteiger partial charge in [0, 0.05) is 16.6 Å². The Morgan fingerprint density at radius 1 is 1.40 bits per heavy atom. The summed E-state index contributed by atoms with van der Waals surface area (Å²) in [5.41, 5.74) is -1.06. The summed E-state index contributed by atoms with van der Waals surface area (Å²) in [6.45, 7) is 3.08. The highest BCUT2D eigenvalue weighted by atomic mass is 19.4. The Kier molecular flexibility index (Phi) is 3.37. The number of ether oxygens (including phenoxy) is 1. The van der Waals surface area contributed by atoms with E-state index in [1.165, 1.54) is 13.0 Å². The van der Waals surface area contributed by atoms with Gasteiger partial charge >= 0.3 is 12.1 Å². The van der Waals surface area contributed by atoms with Gasteiger partial charge in [0.2, 0.25) is 0 Å². The summed E-state index contributed by atoms with van der Waals surface area (Å²) in [6, 6.07) is 2.23. The average Bonchev–Trinajstić information content (AvgIpc) is 2.63. The summed E-state index contributed by atoms with van der Waals surface area (Å²) < 4.78 is 44.0. The second-order valence-corrected chi connectivity index (χ2v) is 4.23. The predicted octanol–water partition coefficient (Wildman–Crippen LogP) is 3.38. The number of phenols is 1. The monoisotopic (exact) mass is 287 g/mol. The van der Waals surface area contributed by atoms with Gasteiger partial charge in [-0.1, -0.05) is 0 Å². The molecule has 0 atom stereocenters. The van der Waals surface area contributed by atoms with Crippen LogP contribution in [0, 0.1) is 6.92 Å². The van der Waals surface area contributed by atoms with Crippen molar-refractivity contribution in [2.75, 3.05) is 6.61 Å². The van der Waals surface area contributed by atoms with E-state index in [2.05, 4.69) is 4.98 Å². The second kappa shape index (κ2) is 4.73. The molecule has 0 aliphatic heterocycles. The molecule has 0 saturated carbocycles. The SMILES string of the molecule is CCOC(=O)c1c(C)[nH]c2ccc(O)c(C(F)(F)F)c12. The van der Waals surface area contributed by atoms with Gasteiger partial charge in [-0.15, -0.1) is 0 Å². The number of rotatable bonds is 2. The first-order chi connectivity index (χ1) is 9.27. The Morgan fingerprint density at radius 3 is 2.60 bits per heavy atom. The van der Waals surface area contributed by atoms with Crippen LogP contribution < -0.4 is 0 Å². The lowest BCUT2D eigenvalue weighted by molar-refractivity contribution is -0.137. The number of hydrogen-bond donors (Lipinski definition) is 2. The highest BCUT2D eigenvalue weighted by Gasteiger charge is 2.38. The van der Waals surface area contributed by atoms with E-state index in [9.17, 15) is 23.1 Å². The quantitative estimate of drug-likeness (QED) is 0.832. The first-order valence-electron chi connectivity index (χ1n) is 5.86. The standard InChI is InChI=1S/C13H12F3NO3/c1-3-20-12(19)9-6(2)17-7-4-5-8(18)11(10(7)9)13(14,15)16/h4-5,17-18H,3H2,1-2H3. The normalized spacial score (nSPS) is 11.8. The maximum absolute atomic E-state index is 13.1. The summed E-state index contributed by atoms with van der Waals surface area (Å²) in [5.74, 6) is -1.78. The molecule has 2 rings (SSSR count). The molecule has 0 radical (unpaired) electrons. The summed E-state index contributed by atoms with van der Waals surface area (Å²) >= 11 is 0. The molecule has 0 amide bonds. The van der Waals surface area contributed by atoms with E-state index in [0.29, 0.717) is 0 Å². The molecule has 4 nitrogen and oxygen atoms in total. The number of aromatic amines is 1. The van der Waals surface area contributed by atoms with Crippen LogP contribution in [0.3, 0.4) is 0 Å². The van der Waals surface area contributed by atoms with E-state index in [1.807, 2.05) is 0 Å². The molecule has 0 aliphatic rings. The van der Waals surface area contributed by atoms with Gasteiger partial charge in [0.25, 0.3) is 0 Å². The van der Waals surface area contributed by atoms with Gasteiger partial charge in [-0.25, -0.2) is 4.79 Å². The number of esters is 1. The average molecular weight is 287 g/mol. The van der Waals surface area contributed by atoms with Crippen molar-refractivity contribution in [3.63, 3.8) is 0 Å². The maximum atomic E-state index is 13.1. The molecule has 108 valence electrons. The van der Waals surface area contributed by atoms with Gasteiger partial charge in [0.15, 0.2) is 0 Å². The highest BCUT2D eigenvalue weighted by Crippen LogP contribution is 2.42. The number of benzene rings is 1. The van der Waals surface area contributed by atoms with Crippen LogP contribution in [0.25, 0.3) is 10.9 Å². The minimum atomic E-state index is -4.78. The number of alkyl halides is 3. The molecule has 0 spiro atoms. The minimum Gasteiger partial charge on any atom is -0.507 e. The van der Waals surface area contributed by atoms with Crippen LogP contribution in [0.2, 0.25) is 0 Å². The molecule has 1 heterocycles. The molecule has 7 heteroatoms. The number of hydrogen-bond acceptors (Lipinski definition) is 3. The summed E-state index contributed by atoms with van der Waals surface area (Å²) in [4.78, 5) is 14.5. The third kappa shape index (κ3) is 2.19. The van der Waals surface area contributed by atoms with E-state index in [0.717, 1.165) is 6.07 Å². The van der Waals surface area contributed by atoms with E-state index >= 15 is 0 Å². The van der Waals surface area contributed by atoms with Crippen LogP contribution in [0.4, 0.5) is 13.2 Å². The molecule has 0 saturated heterocycles. The van der Waals surface area contributed by atoms with E-state index < -0.39 is 23.5 Å². The number of fused-ring (bicyclic) bond motifs is 1. The summed E-state index contributed by atoms with van der Waals surface area (Å²) in [5, 5.41) is 9.14. The molecule has 0 aliphatic carbocycles. The van der Waals surface area contributed by atoms with Crippen molar-refractivity contribution in [2.24, 2.45) is 0 Å². The molecule has 0 bridgehead atoms. The van der Waals surface area contributed by atoms with Gasteiger partial charge < -0.3 is 14.8 Å². The van der Waals surface area contributed by atoms with Gasteiger partial charge in [-0.2, -0.15) is 13.2 Å². The molecular formula is C13H12F3NO3. The highest BCUT2D eigenvalue weighted by molar-refractivity contribution is 6.07. The van der Waals surface area contributed by atoms with Gasteiger partial charge in [0.1, 0.15) is 11.3 Å². The number of aryl methyl sites for hydroxylation is 1. The number of aromatic nitrogens is 1. The van der Waals surface area contributed by atoms with Crippen molar-refractivity contribution in [1.82, 2.24) is 4.98 Å². The third-order valence-electron chi connectivity index (χ3n) is 2.89. The van der Waals surface area contributed by atoms with Gasteiger partial charge in [0.05, 0.1) is 12.2 Å². The van der Waals surface area contributed by atoms with E-state index in [4.69, 9.17) is 4.74 Å².